The molecule has 0 saturated carbocycles. The number of carbonyl (C=O) groups is 3. The van der Waals surface area contributed by atoms with Crippen molar-refractivity contribution >= 4 is 17.9 Å². The first-order valence-electron chi connectivity index (χ1n) is 24.7. The van der Waals surface area contributed by atoms with Gasteiger partial charge in [0.2, 0.25) is 0 Å². The molecule has 1 unspecified atom stereocenters. The van der Waals surface area contributed by atoms with Crippen molar-refractivity contribution in [2.75, 3.05) is 13.2 Å². The highest BCUT2D eigenvalue weighted by atomic mass is 16.6. The standard InChI is InChI=1S/C55H90O6/c1-4-7-10-13-16-19-22-25-27-30-33-36-39-42-45-48-54(57)60-51-52(50-59-53(56)47-44-41-38-35-32-29-24-21-18-15-12-9-6-3)61-55(58)49-46-43-40-37-34-31-28-26-23-20-17-14-11-8-5-2/h7,9-10,12,16,18-19,21,25-29,32-33,36,52H,4-6,8,11,13-15,17,20,22-24,30-31,34-35,37-51H2,1-3H3/b10-7-,12-9-,19-16-,21-18-,27-25-,28-26-,32-29-,36-33-. The van der Waals surface area contributed by atoms with E-state index in [1.54, 1.807) is 0 Å². The fourth-order valence-electron chi connectivity index (χ4n) is 6.38. The van der Waals surface area contributed by atoms with Gasteiger partial charge in [-0.1, -0.05) is 176 Å². The number of hydrogen-bond acceptors (Lipinski definition) is 6. The van der Waals surface area contributed by atoms with E-state index in [0.29, 0.717) is 19.3 Å². The van der Waals surface area contributed by atoms with Crippen molar-refractivity contribution in [3.8, 4) is 0 Å². The molecule has 0 aromatic carbocycles. The quantitative estimate of drug-likeness (QED) is 0.0263. The molecule has 0 heterocycles. The van der Waals surface area contributed by atoms with Crippen molar-refractivity contribution in [2.24, 2.45) is 0 Å². The maximum Gasteiger partial charge on any atom is 0.306 e. The van der Waals surface area contributed by atoms with Gasteiger partial charge < -0.3 is 14.2 Å². The van der Waals surface area contributed by atoms with Crippen molar-refractivity contribution in [1.82, 2.24) is 0 Å². The number of hydrogen-bond donors (Lipinski definition) is 0. The van der Waals surface area contributed by atoms with E-state index in [2.05, 4.69) is 118 Å². The van der Waals surface area contributed by atoms with Gasteiger partial charge in [0.1, 0.15) is 13.2 Å². The number of unbranched alkanes of at least 4 members (excludes halogenated alkanes) is 16. The van der Waals surface area contributed by atoms with E-state index in [1.165, 1.54) is 51.4 Å². The molecule has 6 nitrogen and oxygen atoms in total. The molecule has 346 valence electrons. The average molecular weight is 847 g/mol. The maximum atomic E-state index is 12.8. The van der Waals surface area contributed by atoms with Crippen molar-refractivity contribution in [3.05, 3.63) is 97.2 Å². The van der Waals surface area contributed by atoms with Gasteiger partial charge in [-0.2, -0.15) is 0 Å². The molecule has 0 fully saturated rings. The van der Waals surface area contributed by atoms with E-state index < -0.39 is 6.10 Å². The number of ether oxygens (including phenoxy) is 3. The number of esters is 3. The average Bonchev–Trinajstić information content (AvgIpc) is 3.26. The molecule has 0 aliphatic heterocycles. The van der Waals surface area contributed by atoms with E-state index in [4.69, 9.17) is 14.2 Å². The van der Waals surface area contributed by atoms with E-state index in [9.17, 15) is 14.4 Å². The first-order valence-corrected chi connectivity index (χ1v) is 24.7. The fraction of sp³-hybridized carbons (Fsp3) is 0.655. The Bertz CT molecular complexity index is 1250. The second kappa shape index (κ2) is 49.0. The van der Waals surface area contributed by atoms with Gasteiger partial charge in [-0.3, -0.25) is 14.4 Å². The lowest BCUT2D eigenvalue weighted by atomic mass is 10.1. The van der Waals surface area contributed by atoms with Gasteiger partial charge in [-0.15, -0.1) is 0 Å². The zero-order valence-corrected chi connectivity index (χ0v) is 39.4. The largest absolute Gasteiger partial charge is 0.462 e. The van der Waals surface area contributed by atoms with Gasteiger partial charge in [-0.25, -0.2) is 0 Å². The van der Waals surface area contributed by atoms with Crippen LogP contribution in [0.15, 0.2) is 97.2 Å². The predicted molar refractivity (Wildman–Crippen MR) is 260 cm³/mol. The van der Waals surface area contributed by atoms with Gasteiger partial charge in [0.25, 0.3) is 0 Å². The SMILES string of the molecule is CC/C=C\C/C=C\C/C=C\C/C=C\CCCCC(=O)OCC(COC(=O)CCCCC/C=C\C/C=C\C/C=C\CC)OC(=O)CCCCCCC/C=C\CCCCCCCC. The molecule has 0 radical (unpaired) electrons. The Morgan fingerprint density at radius 1 is 0.344 bits per heavy atom. The minimum Gasteiger partial charge on any atom is -0.462 e. The van der Waals surface area contributed by atoms with Crippen LogP contribution in [0.3, 0.4) is 0 Å². The van der Waals surface area contributed by atoms with Gasteiger partial charge in [-0.05, 0) is 116 Å². The molecule has 0 aliphatic carbocycles. The maximum absolute atomic E-state index is 12.8. The van der Waals surface area contributed by atoms with E-state index in [-0.39, 0.29) is 31.1 Å². The molecule has 0 aromatic heterocycles. The Morgan fingerprint density at radius 3 is 1.07 bits per heavy atom. The van der Waals surface area contributed by atoms with Crippen LogP contribution < -0.4 is 0 Å². The Kier molecular flexibility index (Phi) is 46.0. The highest BCUT2D eigenvalue weighted by Crippen LogP contribution is 2.12. The lowest BCUT2D eigenvalue weighted by Gasteiger charge is -2.18. The van der Waals surface area contributed by atoms with E-state index in [1.807, 2.05) is 0 Å². The van der Waals surface area contributed by atoms with Crippen molar-refractivity contribution in [3.63, 3.8) is 0 Å². The lowest BCUT2D eigenvalue weighted by Crippen LogP contribution is -2.30. The summed E-state index contributed by atoms with van der Waals surface area (Å²) in [7, 11) is 0. The first kappa shape index (κ1) is 57.3. The summed E-state index contributed by atoms with van der Waals surface area (Å²) < 4.78 is 16.7. The van der Waals surface area contributed by atoms with Gasteiger partial charge in [0.05, 0.1) is 0 Å². The van der Waals surface area contributed by atoms with Gasteiger partial charge in [0, 0.05) is 19.3 Å². The third-order valence-corrected chi connectivity index (χ3v) is 10.1. The molecule has 0 rings (SSSR count). The summed E-state index contributed by atoms with van der Waals surface area (Å²) in [5.74, 6) is -0.994. The van der Waals surface area contributed by atoms with Crippen LogP contribution in [0.5, 0.6) is 0 Å². The third kappa shape index (κ3) is 47.2. The summed E-state index contributed by atoms with van der Waals surface area (Å²) in [5, 5.41) is 0. The molecule has 0 aliphatic rings. The molecular weight excluding hydrogens is 757 g/mol. The Hall–Kier alpha value is -3.67. The Labute approximate surface area is 375 Å². The summed E-state index contributed by atoms with van der Waals surface area (Å²) in [6.45, 7) is 6.32. The van der Waals surface area contributed by atoms with Crippen molar-refractivity contribution in [2.45, 2.75) is 219 Å². The predicted octanol–water partition coefficient (Wildman–Crippen LogP) is 16.2. The van der Waals surface area contributed by atoms with Crippen molar-refractivity contribution in [1.29, 1.82) is 0 Å². The Morgan fingerprint density at radius 2 is 0.639 bits per heavy atom. The second-order valence-electron chi connectivity index (χ2n) is 16.0. The zero-order chi connectivity index (χ0) is 44.4. The lowest BCUT2D eigenvalue weighted by molar-refractivity contribution is -0.167. The molecular formula is C55H90O6. The normalized spacial score (nSPS) is 12.9. The van der Waals surface area contributed by atoms with Crippen LogP contribution in [0.25, 0.3) is 0 Å². The first-order chi connectivity index (χ1) is 30.0. The summed E-state index contributed by atoms with van der Waals surface area (Å²) in [4.78, 5) is 37.9. The van der Waals surface area contributed by atoms with Crippen LogP contribution in [-0.4, -0.2) is 37.2 Å². The molecule has 0 aromatic rings. The summed E-state index contributed by atoms with van der Waals surface area (Å²) in [6, 6.07) is 0. The molecule has 61 heavy (non-hydrogen) atoms. The summed E-state index contributed by atoms with van der Waals surface area (Å²) >= 11 is 0. The van der Waals surface area contributed by atoms with Gasteiger partial charge in [0.15, 0.2) is 6.10 Å². The molecule has 6 heteroatoms. The highest BCUT2D eigenvalue weighted by Gasteiger charge is 2.19. The van der Waals surface area contributed by atoms with E-state index in [0.717, 1.165) is 122 Å². The van der Waals surface area contributed by atoms with Gasteiger partial charge >= 0.3 is 17.9 Å². The minimum absolute atomic E-state index is 0.111. The van der Waals surface area contributed by atoms with Crippen LogP contribution in [0, 0.1) is 0 Å². The highest BCUT2D eigenvalue weighted by molar-refractivity contribution is 5.71. The molecule has 0 N–H and O–H groups in total. The smallest absolute Gasteiger partial charge is 0.306 e. The zero-order valence-electron chi connectivity index (χ0n) is 39.4. The molecule has 0 amide bonds. The summed E-state index contributed by atoms with van der Waals surface area (Å²) in [5.41, 5.74) is 0. The van der Waals surface area contributed by atoms with Crippen LogP contribution in [0.2, 0.25) is 0 Å². The second-order valence-corrected chi connectivity index (χ2v) is 16.0. The molecule has 1 atom stereocenters. The van der Waals surface area contributed by atoms with Crippen LogP contribution in [0.4, 0.5) is 0 Å². The van der Waals surface area contributed by atoms with Crippen molar-refractivity contribution < 1.29 is 28.6 Å². The fourth-order valence-corrected chi connectivity index (χ4v) is 6.38. The number of carbonyl (C=O) groups excluding carboxylic acids is 3. The minimum atomic E-state index is -0.810. The van der Waals surface area contributed by atoms with Crippen LogP contribution in [0.1, 0.15) is 213 Å². The molecule has 0 spiro atoms. The topological polar surface area (TPSA) is 78.9 Å². The van der Waals surface area contributed by atoms with Crippen LogP contribution >= 0.6 is 0 Å². The summed E-state index contributed by atoms with van der Waals surface area (Å²) in [6.07, 6.45) is 63.9. The Balaban J connectivity index is 4.52. The number of rotatable bonds is 43. The van der Waals surface area contributed by atoms with E-state index >= 15 is 0 Å². The van der Waals surface area contributed by atoms with Crippen LogP contribution in [-0.2, 0) is 28.6 Å². The number of allylic oxidation sites excluding steroid dienone is 16. The molecule has 0 bridgehead atoms. The molecule has 0 saturated heterocycles. The third-order valence-electron chi connectivity index (χ3n) is 10.1. The monoisotopic (exact) mass is 847 g/mol.